The number of methoxy groups -OCH3 is 1. The van der Waals surface area contributed by atoms with Crippen LogP contribution in [0.5, 0.6) is 5.75 Å². The van der Waals surface area contributed by atoms with Crippen molar-refractivity contribution in [1.82, 2.24) is 14.7 Å². The van der Waals surface area contributed by atoms with Gasteiger partial charge in [0, 0.05) is 44.6 Å². The number of rotatable bonds is 5. The fourth-order valence-corrected chi connectivity index (χ4v) is 5.56. The van der Waals surface area contributed by atoms with Crippen molar-refractivity contribution >= 4 is 17.7 Å². The van der Waals surface area contributed by atoms with Gasteiger partial charge in [-0.25, -0.2) is 0 Å². The van der Waals surface area contributed by atoms with Gasteiger partial charge in [-0.05, 0) is 42.7 Å². The number of carbonyl (C=O) groups excluding carboxylic acids is 3. The third kappa shape index (κ3) is 4.69. The first-order valence-corrected chi connectivity index (χ1v) is 12.7. The van der Waals surface area contributed by atoms with Crippen LogP contribution in [0.4, 0.5) is 0 Å². The van der Waals surface area contributed by atoms with Crippen LogP contribution in [0.15, 0.2) is 54.6 Å². The molecule has 0 radical (unpaired) electrons. The van der Waals surface area contributed by atoms with Gasteiger partial charge in [-0.15, -0.1) is 0 Å². The van der Waals surface area contributed by atoms with E-state index in [1.165, 1.54) is 0 Å². The van der Waals surface area contributed by atoms with Gasteiger partial charge in [-0.1, -0.05) is 30.3 Å². The largest absolute Gasteiger partial charge is 0.497 e. The normalized spacial score (nSPS) is 21.1. The summed E-state index contributed by atoms with van der Waals surface area (Å²) in [7, 11) is 1.58. The van der Waals surface area contributed by atoms with Crippen LogP contribution in [0.2, 0.25) is 0 Å². The topological polar surface area (TPSA) is 79.4 Å². The standard InChI is InChI=1S/C28H33N3O5/c1-35-23-11-9-22(10-12-23)26(33)31-24(27(34)30-15-5-6-16-30)20-36-28(31)13-17-29(18-14-28)25(32)19-21-7-3-2-4-8-21/h2-4,7-12,24H,5-6,13-20H2,1H3/t24-/m1/s1. The van der Waals surface area contributed by atoms with E-state index in [4.69, 9.17) is 9.47 Å². The molecule has 0 saturated carbocycles. The van der Waals surface area contributed by atoms with Crippen LogP contribution < -0.4 is 4.74 Å². The smallest absolute Gasteiger partial charge is 0.256 e. The summed E-state index contributed by atoms with van der Waals surface area (Å²) in [5.41, 5.74) is 0.565. The Hall–Kier alpha value is -3.39. The Morgan fingerprint density at radius 2 is 1.58 bits per heavy atom. The number of ether oxygens (including phenoxy) is 2. The second-order valence-corrected chi connectivity index (χ2v) is 9.75. The molecule has 0 aliphatic carbocycles. The minimum absolute atomic E-state index is 0.0474. The predicted octanol–water partition coefficient (Wildman–Crippen LogP) is 2.72. The molecule has 36 heavy (non-hydrogen) atoms. The number of carbonyl (C=O) groups is 3. The molecule has 5 rings (SSSR count). The molecule has 1 spiro atoms. The van der Waals surface area contributed by atoms with Crippen molar-refractivity contribution in [3.63, 3.8) is 0 Å². The van der Waals surface area contributed by atoms with Crippen LogP contribution in [0.25, 0.3) is 0 Å². The summed E-state index contributed by atoms with van der Waals surface area (Å²) in [4.78, 5) is 45.6. The highest BCUT2D eigenvalue weighted by molar-refractivity contribution is 5.98. The van der Waals surface area contributed by atoms with Gasteiger partial charge in [0.25, 0.3) is 5.91 Å². The number of likely N-dealkylation sites (tertiary alicyclic amines) is 2. The maximum Gasteiger partial charge on any atom is 0.256 e. The van der Waals surface area contributed by atoms with Crippen molar-refractivity contribution in [1.29, 1.82) is 0 Å². The minimum atomic E-state index is -0.902. The summed E-state index contributed by atoms with van der Waals surface area (Å²) in [6.45, 7) is 2.56. The number of hydrogen-bond acceptors (Lipinski definition) is 5. The summed E-state index contributed by atoms with van der Waals surface area (Å²) in [6.07, 6.45) is 3.25. The Morgan fingerprint density at radius 3 is 2.22 bits per heavy atom. The van der Waals surface area contributed by atoms with Gasteiger partial charge < -0.3 is 19.3 Å². The van der Waals surface area contributed by atoms with E-state index < -0.39 is 11.8 Å². The van der Waals surface area contributed by atoms with Crippen molar-refractivity contribution in [3.8, 4) is 5.75 Å². The van der Waals surface area contributed by atoms with Crippen molar-refractivity contribution < 1.29 is 23.9 Å². The molecule has 3 heterocycles. The zero-order chi connectivity index (χ0) is 25.1. The van der Waals surface area contributed by atoms with Crippen molar-refractivity contribution in [3.05, 3.63) is 65.7 Å². The lowest BCUT2D eigenvalue weighted by atomic mass is 9.96. The molecule has 2 aromatic carbocycles. The Kier molecular flexibility index (Phi) is 6.96. The minimum Gasteiger partial charge on any atom is -0.497 e. The summed E-state index contributed by atoms with van der Waals surface area (Å²) in [6, 6.07) is 16.0. The van der Waals surface area contributed by atoms with Gasteiger partial charge in [-0.3, -0.25) is 19.3 Å². The lowest BCUT2D eigenvalue weighted by molar-refractivity contribution is -0.144. The first-order valence-electron chi connectivity index (χ1n) is 12.7. The predicted molar refractivity (Wildman–Crippen MR) is 133 cm³/mol. The molecule has 3 saturated heterocycles. The summed E-state index contributed by atoms with van der Waals surface area (Å²) in [5.74, 6) is 0.450. The fraction of sp³-hybridized carbons (Fsp3) is 0.464. The Morgan fingerprint density at radius 1 is 0.917 bits per heavy atom. The summed E-state index contributed by atoms with van der Waals surface area (Å²) < 4.78 is 11.6. The molecular formula is C28H33N3O5. The van der Waals surface area contributed by atoms with Crippen LogP contribution in [0.1, 0.15) is 41.6 Å². The number of benzene rings is 2. The molecule has 0 unspecified atom stereocenters. The molecular weight excluding hydrogens is 458 g/mol. The zero-order valence-corrected chi connectivity index (χ0v) is 20.7. The van der Waals surface area contributed by atoms with E-state index in [9.17, 15) is 14.4 Å². The van der Waals surface area contributed by atoms with Gasteiger partial charge >= 0.3 is 0 Å². The van der Waals surface area contributed by atoms with E-state index in [0.29, 0.717) is 56.8 Å². The lowest BCUT2D eigenvalue weighted by Gasteiger charge is -2.44. The van der Waals surface area contributed by atoms with Gasteiger partial charge in [0.15, 0.2) is 0 Å². The van der Waals surface area contributed by atoms with E-state index >= 15 is 0 Å². The number of piperidine rings is 1. The second-order valence-electron chi connectivity index (χ2n) is 9.75. The monoisotopic (exact) mass is 491 g/mol. The number of nitrogens with zero attached hydrogens (tertiary/aromatic N) is 3. The molecule has 2 aromatic rings. The molecule has 3 aliphatic rings. The Labute approximate surface area is 211 Å². The fourth-order valence-electron chi connectivity index (χ4n) is 5.56. The van der Waals surface area contributed by atoms with Gasteiger partial charge in [-0.2, -0.15) is 0 Å². The highest BCUT2D eigenvalue weighted by Gasteiger charge is 2.55. The molecule has 8 nitrogen and oxygen atoms in total. The second kappa shape index (κ2) is 10.3. The third-order valence-corrected chi connectivity index (χ3v) is 7.61. The lowest BCUT2D eigenvalue weighted by Crippen LogP contribution is -2.60. The molecule has 3 fully saturated rings. The SMILES string of the molecule is COc1ccc(C(=O)N2[C@@H](C(=O)N3CCCC3)COC23CCN(C(=O)Cc2ccccc2)CC3)cc1. The molecule has 1 atom stereocenters. The molecule has 190 valence electrons. The summed E-state index contributed by atoms with van der Waals surface area (Å²) in [5, 5.41) is 0. The first-order chi connectivity index (χ1) is 17.5. The highest BCUT2D eigenvalue weighted by atomic mass is 16.5. The van der Waals surface area contributed by atoms with Crippen LogP contribution >= 0.6 is 0 Å². The molecule has 8 heteroatoms. The van der Waals surface area contributed by atoms with Gasteiger partial charge in [0.05, 0.1) is 20.1 Å². The van der Waals surface area contributed by atoms with E-state index in [1.807, 2.05) is 40.1 Å². The Balaban J connectivity index is 1.35. The first kappa shape index (κ1) is 24.3. The molecule has 0 bridgehead atoms. The van der Waals surface area contributed by atoms with Crippen molar-refractivity contribution in [2.75, 3.05) is 39.9 Å². The molecule has 0 aromatic heterocycles. The molecule has 3 aliphatic heterocycles. The summed E-state index contributed by atoms with van der Waals surface area (Å²) >= 11 is 0. The average molecular weight is 492 g/mol. The molecule has 3 amide bonds. The number of amides is 3. The third-order valence-electron chi connectivity index (χ3n) is 7.61. The number of hydrogen-bond donors (Lipinski definition) is 0. The molecule has 0 N–H and O–H groups in total. The average Bonchev–Trinajstić information content (AvgIpc) is 3.58. The highest BCUT2D eigenvalue weighted by Crippen LogP contribution is 2.39. The van der Waals surface area contributed by atoms with Crippen LogP contribution in [0, 0.1) is 0 Å². The van der Waals surface area contributed by atoms with Crippen LogP contribution in [0.3, 0.4) is 0 Å². The van der Waals surface area contributed by atoms with E-state index in [-0.39, 0.29) is 24.3 Å². The zero-order valence-electron chi connectivity index (χ0n) is 20.7. The maximum atomic E-state index is 13.9. The van der Waals surface area contributed by atoms with Crippen LogP contribution in [-0.4, -0.2) is 84.1 Å². The maximum absolute atomic E-state index is 13.9. The van der Waals surface area contributed by atoms with Crippen molar-refractivity contribution in [2.45, 2.75) is 43.9 Å². The van der Waals surface area contributed by atoms with Crippen molar-refractivity contribution in [2.24, 2.45) is 0 Å². The van der Waals surface area contributed by atoms with E-state index in [2.05, 4.69) is 0 Å². The van der Waals surface area contributed by atoms with Gasteiger partial charge in [0.1, 0.15) is 17.5 Å². The van der Waals surface area contributed by atoms with E-state index in [0.717, 1.165) is 18.4 Å². The van der Waals surface area contributed by atoms with Crippen LogP contribution in [-0.2, 0) is 20.7 Å². The van der Waals surface area contributed by atoms with E-state index in [1.54, 1.807) is 36.3 Å². The quantitative estimate of drug-likeness (QED) is 0.643. The Bertz CT molecular complexity index is 1090. The van der Waals surface area contributed by atoms with Gasteiger partial charge in [0.2, 0.25) is 11.8 Å².